The zero-order chi connectivity index (χ0) is 33.6. The lowest BCUT2D eigenvalue weighted by atomic mass is 10.0. The highest BCUT2D eigenvalue weighted by molar-refractivity contribution is 7.92. The molecule has 1 atom stereocenters. The standard InChI is InChI=1S/C36H36Cl3N3O4S/c1-25-15-18-29(19-16-25)47(45,46)42(33-14-8-7-13-31(33)38)24-35(43)41(23-27-17-20-30(37)32(39)21-27)34(22-26-9-3-2-4-10-26)36(44)40-28-11-5-6-12-28/h2-4,7-10,13-21,28,34H,5-6,11-12,22-24H2,1H3,(H,40,44)/t34-/m1/s1. The van der Waals surface area contributed by atoms with Crippen molar-refractivity contribution in [1.82, 2.24) is 10.2 Å². The molecule has 1 saturated carbocycles. The molecule has 0 aromatic heterocycles. The number of anilines is 1. The molecule has 2 amide bonds. The molecule has 0 aliphatic heterocycles. The Labute approximate surface area is 291 Å². The van der Waals surface area contributed by atoms with Crippen LogP contribution in [0.4, 0.5) is 5.69 Å². The molecule has 4 aromatic rings. The first-order valence-electron chi connectivity index (χ1n) is 15.4. The number of carbonyl (C=O) groups excluding carboxylic acids is 2. The first-order chi connectivity index (χ1) is 22.5. The molecule has 7 nitrogen and oxygen atoms in total. The van der Waals surface area contributed by atoms with E-state index >= 15 is 0 Å². The zero-order valence-electron chi connectivity index (χ0n) is 25.9. The van der Waals surface area contributed by atoms with Gasteiger partial charge in [-0.25, -0.2) is 8.42 Å². The third-order valence-electron chi connectivity index (χ3n) is 8.32. The topological polar surface area (TPSA) is 86.8 Å². The Morgan fingerprint density at radius 1 is 0.809 bits per heavy atom. The summed E-state index contributed by atoms with van der Waals surface area (Å²) in [6.07, 6.45) is 3.97. The number of rotatable bonds is 12. The van der Waals surface area contributed by atoms with Crippen LogP contribution in [0, 0.1) is 6.92 Å². The molecular weight excluding hydrogens is 677 g/mol. The Morgan fingerprint density at radius 3 is 2.13 bits per heavy atom. The summed E-state index contributed by atoms with van der Waals surface area (Å²) in [7, 11) is -4.27. The lowest BCUT2D eigenvalue weighted by Crippen LogP contribution is -2.54. The summed E-state index contributed by atoms with van der Waals surface area (Å²) in [5, 5.41) is 3.97. The van der Waals surface area contributed by atoms with Gasteiger partial charge in [0, 0.05) is 19.0 Å². The van der Waals surface area contributed by atoms with Crippen LogP contribution in [0.5, 0.6) is 0 Å². The predicted octanol–water partition coefficient (Wildman–Crippen LogP) is 7.85. The van der Waals surface area contributed by atoms with E-state index in [-0.39, 0.29) is 40.5 Å². The van der Waals surface area contributed by atoms with Crippen molar-refractivity contribution in [1.29, 1.82) is 0 Å². The van der Waals surface area contributed by atoms with Crippen LogP contribution in [0.3, 0.4) is 0 Å². The number of nitrogens with one attached hydrogen (secondary N) is 1. The molecular formula is C36H36Cl3N3O4S. The monoisotopic (exact) mass is 711 g/mol. The van der Waals surface area contributed by atoms with Crippen LogP contribution < -0.4 is 9.62 Å². The van der Waals surface area contributed by atoms with E-state index in [1.54, 1.807) is 54.6 Å². The van der Waals surface area contributed by atoms with Gasteiger partial charge in [0.2, 0.25) is 11.8 Å². The van der Waals surface area contributed by atoms with E-state index in [2.05, 4.69) is 5.32 Å². The van der Waals surface area contributed by atoms with Crippen LogP contribution in [0.15, 0.2) is 102 Å². The molecule has 0 saturated heterocycles. The van der Waals surface area contributed by atoms with E-state index in [1.807, 2.05) is 37.3 Å². The molecule has 5 rings (SSSR count). The third-order valence-corrected chi connectivity index (χ3v) is 11.2. The van der Waals surface area contributed by atoms with E-state index in [0.717, 1.165) is 41.1 Å². The van der Waals surface area contributed by atoms with Crippen LogP contribution in [0.2, 0.25) is 15.1 Å². The van der Waals surface area contributed by atoms with Gasteiger partial charge in [-0.3, -0.25) is 13.9 Å². The van der Waals surface area contributed by atoms with Gasteiger partial charge in [-0.05, 0) is 67.3 Å². The summed E-state index contributed by atoms with van der Waals surface area (Å²) in [5.74, 6) is -0.894. The fourth-order valence-corrected chi connectivity index (χ4v) is 7.80. The van der Waals surface area contributed by atoms with Crippen LogP contribution >= 0.6 is 34.8 Å². The number of carbonyl (C=O) groups is 2. The number of halogens is 3. The zero-order valence-corrected chi connectivity index (χ0v) is 29.0. The average molecular weight is 713 g/mol. The van der Waals surface area contributed by atoms with Gasteiger partial charge in [0.05, 0.1) is 25.7 Å². The van der Waals surface area contributed by atoms with Gasteiger partial charge >= 0.3 is 0 Å². The fraction of sp³-hybridized carbons (Fsp3) is 0.278. The van der Waals surface area contributed by atoms with E-state index < -0.39 is 28.5 Å². The second-order valence-electron chi connectivity index (χ2n) is 11.7. The molecule has 0 unspecified atom stereocenters. The number of benzene rings is 4. The quantitative estimate of drug-likeness (QED) is 0.162. The summed E-state index contributed by atoms with van der Waals surface area (Å²) in [4.78, 5) is 30.2. The van der Waals surface area contributed by atoms with Crippen LogP contribution in [0.1, 0.15) is 42.4 Å². The number of nitrogens with zero attached hydrogens (tertiary/aromatic N) is 2. The van der Waals surface area contributed by atoms with E-state index in [1.165, 1.54) is 17.0 Å². The summed E-state index contributed by atoms with van der Waals surface area (Å²) < 4.78 is 29.4. The molecule has 47 heavy (non-hydrogen) atoms. The first kappa shape index (κ1) is 34.8. The maximum absolute atomic E-state index is 14.6. The molecule has 4 aromatic carbocycles. The third kappa shape index (κ3) is 8.68. The van der Waals surface area contributed by atoms with Gasteiger partial charge in [-0.1, -0.05) is 114 Å². The van der Waals surface area contributed by atoms with Crippen molar-refractivity contribution in [2.75, 3.05) is 10.8 Å². The summed E-state index contributed by atoms with van der Waals surface area (Å²) in [6, 6.07) is 26.3. The van der Waals surface area contributed by atoms with Crippen molar-refractivity contribution >= 4 is 62.3 Å². The highest BCUT2D eigenvalue weighted by atomic mass is 35.5. The maximum atomic E-state index is 14.6. The highest BCUT2D eigenvalue weighted by Gasteiger charge is 2.36. The van der Waals surface area contributed by atoms with Crippen molar-refractivity contribution < 1.29 is 18.0 Å². The maximum Gasteiger partial charge on any atom is 0.264 e. The van der Waals surface area contributed by atoms with Gasteiger partial charge in [0.1, 0.15) is 12.6 Å². The molecule has 1 aliphatic rings. The molecule has 0 spiro atoms. The number of hydrogen-bond donors (Lipinski definition) is 1. The summed E-state index contributed by atoms with van der Waals surface area (Å²) in [6.45, 7) is 1.23. The molecule has 11 heteroatoms. The Morgan fingerprint density at radius 2 is 1.47 bits per heavy atom. The normalized spacial score (nSPS) is 14.0. The van der Waals surface area contributed by atoms with Crippen molar-refractivity contribution in [3.8, 4) is 0 Å². The van der Waals surface area contributed by atoms with Crippen molar-refractivity contribution in [3.05, 3.63) is 129 Å². The largest absolute Gasteiger partial charge is 0.352 e. The SMILES string of the molecule is Cc1ccc(S(=O)(=O)N(CC(=O)N(Cc2ccc(Cl)c(Cl)c2)[C@H](Cc2ccccc2)C(=O)NC2CCCC2)c2ccccc2Cl)cc1. The Hall–Kier alpha value is -3.56. The summed E-state index contributed by atoms with van der Waals surface area (Å²) >= 11 is 19.1. The Balaban J connectivity index is 1.58. The molecule has 1 aliphatic carbocycles. The minimum atomic E-state index is -4.27. The van der Waals surface area contributed by atoms with Crippen LogP contribution in [-0.2, 0) is 32.6 Å². The predicted molar refractivity (Wildman–Crippen MR) is 189 cm³/mol. The van der Waals surface area contributed by atoms with Crippen molar-refractivity contribution in [2.45, 2.75) is 62.6 Å². The minimum absolute atomic E-state index is 0.00393. The lowest BCUT2D eigenvalue weighted by Gasteiger charge is -2.34. The lowest BCUT2D eigenvalue weighted by molar-refractivity contribution is -0.140. The van der Waals surface area contributed by atoms with Gasteiger partial charge in [-0.2, -0.15) is 0 Å². The van der Waals surface area contributed by atoms with Gasteiger partial charge < -0.3 is 10.2 Å². The second-order valence-corrected chi connectivity index (χ2v) is 14.8. The fourth-order valence-electron chi connectivity index (χ4n) is 5.76. The Bertz CT molecular complexity index is 1820. The summed E-state index contributed by atoms with van der Waals surface area (Å²) in [5.41, 5.74) is 2.51. The smallest absolute Gasteiger partial charge is 0.264 e. The van der Waals surface area contributed by atoms with Crippen LogP contribution in [-0.4, -0.2) is 43.8 Å². The van der Waals surface area contributed by atoms with Crippen molar-refractivity contribution in [2.24, 2.45) is 0 Å². The van der Waals surface area contributed by atoms with Gasteiger partial charge in [0.15, 0.2) is 0 Å². The van der Waals surface area contributed by atoms with E-state index in [9.17, 15) is 18.0 Å². The number of para-hydroxylation sites is 1. The van der Waals surface area contributed by atoms with Crippen molar-refractivity contribution in [3.63, 3.8) is 0 Å². The number of aryl methyl sites for hydroxylation is 1. The minimum Gasteiger partial charge on any atom is -0.352 e. The molecule has 0 bridgehead atoms. The van der Waals surface area contributed by atoms with Gasteiger partial charge in [0.25, 0.3) is 10.0 Å². The Kier molecular flexibility index (Phi) is 11.5. The first-order valence-corrected chi connectivity index (χ1v) is 18.0. The molecule has 0 heterocycles. The van der Waals surface area contributed by atoms with Crippen LogP contribution in [0.25, 0.3) is 0 Å². The molecule has 246 valence electrons. The van der Waals surface area contributed by atoms with Gasteiger partial charge in [-0.15, -0.1) is 0 Å². The molecule has 1 N–H and O–H groups in total. The highest BCUT2D eigenvalue weighted by Crippen LogP contribution is 2.31. The second kappa shape index (κ2) is 15.6. The molecule has 1 fully saturated rings. The number of amides is 2. The van der Waals surface area contributed by atoms with E-state index in [0.29, 0.717) is 15.6 Å². The average Bonchev–Trinajstić information content (AvgIpc) is 3.57. The number of sulfonamides is 1. The molecule has 0 radical (unpaired) electrons. The number of hydrogen-bond acceptors (Lipinski definition) is 4. The van der Waals surface area contributed by atoms with E-state index in [4.69, 9.17) is 34.8 Å².